The summed E-state index contributed by atoms with van der Waals surface area (Å²) in [5.41, 5.74) is 8.00. The fourth-order valence-corrected chi connectivity index (χ4v) is 2.10. The number of ether oxygens (including phenoxy) is 1. The first-order chi connectivity index (χ1) is 9.60. The Hall–Kier alpha value is -1.22. The molecule has 2 nitrogen and oxygen atoms in total. The Labute approximate surface area is 129 Å². The molecule has 0 bridgehead atoms. The smallest absolute Gasteiger partial charge is 0.121 e. The van der Waals surface area contributed by atoms with Gasteiger partial charge in [0.1, 0.15) is 12.4 Å². The zero-order valence-electron chi connectivity index (χ0n) is 11.3. The minimum Gasteiger partial charge on any atom is -0.489 e. The lowest BCUT2D eigenvalue weighted by molar-refractivity contribution is 0.306. The molecule has 2 N–H and O–H groups in total. The van der Waals surface area contributed by atoms with Crippen molar-refractivity contribution < 1.29 is 4.74 Å². The highest BCUT2D eigenvalue weighted by atomic mass is 35.5. The van der Waals surface area contributed by atoms with E-state index < -0.39 is 0 Å². The van der Waals surface area contributed by atoms with Gasteiger partial charge in [0.05, 0.1) is 10.0 Å². The molecule has 106 valence electrons. The summed E-state index contributed by atoms with van der Waals surface area (Å²) in [4.78, 5) is 0. The quantitative estimate of drug-likeness (QED) is 0.873. The van der Waals surface area contributed by atoms with Gasteiger partial charge in [-0.15, -0.1) is 0 Å². The van der Waals surface area contributed by atoms with Gasteiger partial charge in [0, 0.05) is 6.07 Å². The normalized spacial score (nSPS) is 12.2. The summed E-state index contributed by atoms with van der Waals surface area (Å²) in [5, 5.41) is 1.02. The molecule has 0 aromatic heterocycles. The highest BCUT2D eigenvalue weighted by Gasteiger charge is 2.04. The third kappa shape index (κ3) is 3.89. The van der Waals surface area contributed by atoms with Gasteiger partial charge >= 0.3 is 0 Å². The van der Waals surface area contributed by atoms with Crippen LogP contribution in [0.25, 0.3) is 0 Å². The number of hydrogen-bond acceptors (Lipinski definition) is 2. The molecule has 0 heterocycles. The zero-order chi connectivity index (χ0) is 14.5. The van der Waals surface area contributed by atoms with Crippen molar-refractivity contribution in [3.8, 4) is 5.75 Å². The molecule has 4 heteroatoms. The van der Waals surface area contributed by atoms with E-state index in [2.05, 4.69) is 31.2 Å². The Balaban J connectivity index is 1.98. The predicted octanol–water partition coefficient (Wildman–Crippen LogP) is 4.63. The van der Waals surface area contributed by atoms with E-state index in [0.29, 0.717) is 34.9 Å². The van der Waals surface area contributed by atoms with Crippen molar-refractivity contribution in [2.75, 3.05) is 6.54 Å². The van der Waals surface area contributed by atoms with Crippen LogP contribution >= 0.6 is 23.2 Å². The summed E-state index contributed by atoms with van der Waals surface area (Å²) in [7, 11) is 0. The SMILES string of the molecule is CC(CN)c1ccc(COc2ccc(Cl)c(Cl)c2)cc1. The fraction of sp³-hybridized carbons (Fsp3) is 0.250. The Bertz CT molecular complexity index is 569. The first kappa shape index (κ1) is 15.2. The van der Waals surface area contributed by atoms with Crippen molar-refractivity contribution in [3.05, 3.63) is 63.6 Å². The van der Waals surface area contributed by atoms with Gasteiger partial charge in [-0.3, -0.25) is 0 Å². The highest BCUT2D eigenvalue weighted by Crippen LogP contribution is 2.26. The summed E-state index contributed by atoms with van der Waals surface area (Å²) < 4.78 is 5.69. The average Bonchev–Trinajstić information content (AvgIpc) is 2.48. The first-order valence-electron chi connectivity index (χ1n) is 6.47. The Morgan fingerprint density at radius 2 is 1.75 bits per heavy atom. The van der Waals surface area contributed by atoms with E-state index in [1.165, 1.54) is 5.56 Å². The van der Waals surface area contributed by atoms with Crippen LogP contribution in [-0.4, -0.2) is 6.54 Å². The maximum absolute atomic E-state index is 5.94. The Morgan fingerprint density at radius 1 is 1.05 bits per heavy atom. The van der Waals surface area contributed by atoms with Gasteiger partial charge in [-0.1, -0.05) is 54.4 Å². The van der Waals surface area contributed by atoms with Crippen LogP contribution in [0.3, 0.4) is 0 Å². The number of halogens is 2. The molecule has 1 unspecified atom stereocenters. The minimum atomic E-state index is 0.375. The van der Waals surface area contributed by atoms with Crippen molar-refractivity contribution >= 4 is 23.2 Å². The van der Waals surface area contributed by atoms with Crippen LogP contribution in [-0.2, 0) is 6.61 Å². The lowest BCUT2D eigenvalue weighted by atomic mass is 10.0. The number of rotatable bonds is 5. The van der Waals surface area contributed by atoms with Crippen LogP contribution in [0.1, 0.15) is 24.0 Å². The van der Waals surface area contributed by atoms with E-state index in [0.717, 1.165) is 5.56 Å². The van der Waals surface area contributed by atoms with E-state index in [1.807, 2.05) is 0 Å². The molecule has 0 aliphatic rings. The molecule has 20 heavy (non-hydrogen) atoms. The summed E-state index contributed by atoms with van der Waals surface area (Å²) in [6, 6.07) is 13.5. The van der Waals surface area contributed by atoms with Gasteiger partial charge in [0.15, 0.2) is 0 Å². The van der Waals surface area contributed by atoms with Crippen molar-refractivity contribution in [2.24, 2.45) is 5.73 Å². The second kappa shape index (κ2) is 6.98. The van der Waals surface area contributed by atoms with Gasteiger partial charge < -0.3 is 10.5 Å². The van der Waals surface area contributed by atoms with Gasteiger partial charge in [0.2, 0.25) is 0 Å². The highest BCUT2D eigenvalue weighted by molar-refractivity contribution is 6.42. The van der Waals surface area contributed by atoms with E-state index in [9.17, 15) is 0 Å². The number of nitrogens with two attached hydrogens (primary N) is 1. The minimum absolute atomic E-state index is 0.375. The summed E-state index contributed by atoms with van der Waals surface area (Å²) in [6.45, 7) is 3.26. The largest absolute Gasteiger partial charge is 0.489 e. The molecule has 0 amide bonds. The van der Waals surface area contributed by atoms with Crippen LogP contribution in [0.4, 0.5) is 0 Å². The van der Waals surface area contributed by atoms with Gasteiger partial charge in [-0.2, -0.15) is 0 Å². The van der Waals surface area contributed by atoms with Crippen molar-refractivity contribution in [1.82, 2.24) is 0 Å². The van der Waals surface area contributed by atoms with Crippen LogP contribution in [0.2, 0.25) is 10.0 Å². The molecule has 2 rings (SSSR count). The number of hydrogen-bond donors (Lipinski definition) is 1. The lowest BCUT2D eigenvalue weighted by Crippen LogP contribution is -2.08. The molecule has 2 aromatic rings. The molecule has 0 aliphatic heterocycles. The second-order valence-electron chi connectivity index (χ2n) is 4.74. The van der Waals surface area contributed by atoms with E-state index in [1.54, 1.807) is 18.2 Å². The topological polar surface area (TPSA) is 35.2 Å². The Morgan fingerprint density at radius 3 is 2.35 bits per heavy atom. The molecule has 0 aliphatic carbocycles. The van der Waals surface area contributed by atoms with Gasteiger partial charge in [0.25, 0.3) is 0 Å². The summed E-state index contributed by atoms with van der Waals surface area (Å²) >= 11 is 11.8. The summed E-state index contributed by atoms with van der Waals surface area (Å²) in [5.74, 6) is 1.08. The van der Waals surface area contributed by atoms with Crippen LogP contribution < -0.4 is 10.5 Å². The lowest BCUT2D eigenvalue weighted by Gasteiger charge is -2.11. The van der Waals surface area contributed by atoms with Gasteiger partial charge in [-0.25, -0.2) is 0 Å². The third-order valence-corrected chi connectivity index (χ3v) is 3.94. The van der Waals surface area contributed by atoms with Crippen LogP contribution in [0.5, 0.6) is 5.75 Å². The molecule has 0 saturated heterocycles. The summed E-state index contributed by atoms with van der Waals surface area (Å²) in [6.07, 6.45) is 0. The van der Waals surface area contributed by atoms with Crippen LogP contribution in [0, 0.1) is 0 Å². The zero-order valence-corrected chi connectivity index (χ0v) is 12.8. The van der Waals surface area contributed by atoms with Crippen molar-refractivity contribution in [3.63, 3.8) is 0 Å². The fourth-order valence-electron chi connectivity index (χ4n) is 1.81. The predicted molar refractivity (Wildman–Crippen MR) is 84.7 cm³/mol. The molecule has 2 aromatic carbocycles. The molecular weight excluding hydrogens is 293 g/mol. The van der Waals surface area contributed by atoms with E-state index in [4.69, 9.17) is 33.7 Å². The Kier molecular flexibility index (Phi) is 5.30. The molecule has 1 atom stereocenters. The van der Waals surface area contributed by atoms with E-state index >= 15 is 0 Å². The molecule has 0 fully saturated rings. The monoisotopic (exact) mass is 309 g/mol. The molecule has 0 radical (unpaired) electrons. The standard InChI is InChI=1S/C16H17Cl2NO/c1-11(9-19)13-4-2-12(3-5-13)10-20-14-6-7-15(17)16(18)8-14/h2-8,11H,9-10,19H2,1H3. The molecule has 0 spiro atoms. The van der Waals surface area contributed by atoms with Crippen LogP contribution in [0.15, 0.2) is 42.5 Å². The maximum Gasteiger partial charge on any atom is 0.121 e. The number of benzene rings is 2. The van der Waals surface area contributed by atoms with E-state index in [-0.39, 0.29) is 0 Å². The molecular formula is C16H17Cl2NO. The van der Waals surface area contributed by atoms with Crippen molar-refractivity contribution in [1.29, 1.82) is 0 Å². The van der Waals surface area contributed by atoms with Crippen molar-refractivity contribution in [2.45, 2.75) is 19.4 Å². The van der Waals surface area contributed by atoms with Gasteiger partial charge in [-0.05, 0) is 35.7 Å². The third-order valence-electron chi connectivity index (χ3n) is 3.20. The first-order valence-corrected chi connectivity index (χ1v) is 7.22. The average molecular weight is 310 g/mol. The second-order valence-corrected chi connectivity index (χ2v) is 5.56. The maximum atomic E-state index is 5.94. The molecule has 0 saturated carbocycles.